The molecule has 32 heavy (non-hydrogen) atoms. The molecule has 0 amide bonds. The van der Waals surface area contributed by atoms with Crippen molar-refractivity contribution in [2.75, 3.05) is 5.73 Å². The van der Waals surface area contributed by atoms with Gasteiger partial charge in [0, 0.05) is 22.8 Å². The van der Waals surface area contributed by atoms with Crippen LogP contribution in [0.4, 0.5) is 32.0 Å². The number of fused-ring (bicyclic) bond motifs is 1. The molecule has 0 atom stereocenters. The number of ether oxygens (including phenoxy) is 1. The number of halogens is 6. The zero-order valence-corrected chi connectivity index (χ0v) is 17.0. The molecule has 0 bridgehead atoms. The van der Waals surface area contributed by atoms with Crippen molar-refractivity contribution < 1.29 is 31.1 Å². The second kappa shape index (κ2) is 8.26. The minimum Gasteiger partial charge on any atom is -0.456 e. The number of H-pyrrole nitrogens is 1. The van der Waals surface area contributed by atoms with Gasteiger partial charge in [0.05, 0.1) is 0 Å². The van der Waals surface area contributed by atoms with Gasteiger partial charge in [-0.1, -0.05) is 32.1 Å². The number of hydrogen-bond acceptors (Lipinski definition) is 2. The molecular formula is C23H22F6N2O. The fourth-order valence-corrected chi connectivity index (χ4v) is 4.39. The van der Waals surface area contributed by atoms with Crippen LogP contribution in [0.25, 0.3) is 10.9 Å². The van der Waals surface area contributed by atoms with Gasteiger partial charge in [0.1, 0.15) is 16.9 Å². The number of hydrogen-bond donors (Lipinski definition) is 2. The second-order valence-corrected chi connectivity index (χ2v) is 8.27. The molecule has 1 saturated carbocycles. The van der Waals surface area contributed by atoms with Crippen molar-refractivity contribution in [2.45, 2.75) is 50.9 Å². The maximum Gasteiger partial charge on any atom is 0.420 e. The van der Waals surface area contributed by atoms with Gasteiger partial charge in [0.2, 0.25) is 0 Å². The summed E-state index contributed by atoms with van der Waals surface area (Å²) in [5.41, 5.74) is 3.26. The van der Waals surface area contributed by atoms with Gasteiger partial charge < -0.3 is 15.5 Å². The van der Waals surface area contributed by atoms with E-state index < -0.39 is 34.9 Å². The third kappa shape index (κ3) is 4.66. The van der Waals surface area contributed by atoms with E-state index >= 15 is 0 Å². The Bertz CT molecular complexity index is 1070. The number of benzene rings is 2. The Hall–Kier alpha value is -2.84. The highest BCUT2D eigenvalue weighted by Gasteiger charge is 2.43. The molecule has 3 aromatic rings. The number of nitrogens with one attached hydrogen (secondary N) is 1. The average molecular weight is 456 g/mol. The van der Waals surface area contributed by atoms with Crippen molar-refractivity contribution in [3.05, 3.63) is 53.2 Å². The molecule has 3 nitrogen and oxygen atoms in total. The summed E-state index contributed by atoms with van der Waals surface area (Å²) >= 11 is 0. The van der Waals surface area contributed by atoms with Crippen LogP contribution in [0.2, 0.25) is 0 Å². The Labute approximate surface area is 180 Å². The molecular weight excluding hydrogens is 434 g/mol. The predicted octanol–water partition coefficient (Wildman–Crippen LogP) is 7.70. The molecule has 1 aliphatic carbocycles. The minimum absolute atomic E-state index is 0.109. The first-order valence-electron chi connectivity index (χ1n) is 10.4. The van der Waals surface area contributed by atoms with E-state index in [2.05, 4.69) is 4.98 Å². The lowest BCUT2D eigenvalue weighted by Gasteiger charge is -2.21. The van der Waals surface area contributed by atoms with Gasteiger partial charge in [0.25, 0.3) is 0 Å². The van der Waals surface area contributed by atoms with Crippen molar-refractivity contribution in [1.82, 2.24) is 4.98 Å². The lowest BCUT2D eigenvalue weighted by molar-refractivity contribution is -0.144. The van der Waals surface area contributed by atoms with E-state index in [1.807, 2.05) is 6.20 Å². The number of anilines is 1. The molecule has 0 spiro atoms. The summed E-state index contributed by atoms with van der Waals surface area (Å²) in [7, 11) is 0. The highest BCUT2D eigenvalue weighted by molar-refractivity contribution is 5.84. The van der Waals surface area contributed by atoms with Crippen molar-refractivity contribution in [2.24, 2.45) is 5.92 Å². The monoisotopic (exact) mass is 456 g/mol. The third-order valence-electron chi connectivity index (χ3n) is 5.91. The number of rotatable bonds is 4. The third-order valence-corrected chi connectivity index (χ3v) is 5.91. The van der Waals surface area contributed by atoms with Crippen LogP contribution in [0.1, 0.15) is 48.8 Å². The van der Waals surface area contributed by atoms with Crippen molar-refractivity contribution in [3.8, 4) is 11.5 Å². The summed E-state index contributed by atoms with van der Waals surface area (Å²) in [5.74, 6) is -0.899. The molecule has 3 N–H and O–H groups in total. The van der Waals surface area contributed by atoms with Crippen LogP contribution in [0.5, 0.6) is 11.5 Å². The van der Waals surface area contributed by atoms with Gasteiger partial charge in [-0.15, -0.1) is 0 Å². The molecule has 0 aliphatic heterocycles. The van der Waals surface area contributed by atoms with Gasteiger partial charge in [-0.25, -0.2) is 0 Å². The molecule has 0 radical (unpaired) electrons. The quantitative estimate of drug-likeness (QED) is 0.312. The van der Waals surface area contributed by atoms with Crippen LogP contribution in [0.3, 0.4) is 0 Å². The molecule has 1 aliphatic rings. The van der Waals surface area contributed by atoms with Crippen molar-refractivity contribution in [3.63, 3.8) is 0 Å². The van der Waals surface area contributed by atoms with E-state index in [9.17, 15) is 26.3 Å². The number of alkyl halides is 6. The number of aromatic nitrogens is 1. The van der Waals surface area contributed by atoms with Crippen LogP contribution in [-0.2, 0) is 18.8 Å². The first kappa shape index (κ1) is 22.4. The molecule has 4 rings (SSSR count). The van der Waals surface area contributed by atoms with Crippen LogP contribution in [0, 0.1) is 5.92 Å². The SMILES string of the molecule is Nc1cc(C(F)(F)F)c(Oc2ccc3[nH]cc(CC4CCCCC4)c3c2)c(C(F)(F)F)c1. The molecule has 0 unspecified atom stereocenters. The van der Waals surface area contributed by atoms with Crippen LogP contribution >= 0.6 is 0 Å². The Balaban J connectivity index is 1.74. The van der Waals surface area contributed by atoms with E-state index in [4.69, 9.17) is 10.5 Å². The average Bonchev–Trinajstić information content (AvgIpc) is 3.10. The first-order chi connectivity index (χ1) is 15.0. The minimum atomic E-state index is -5.07. The fourth-order valence-electron chi connectivity index (χ4n) is 4.39. The fraction of sp³-hybridized carbons (Fsp3) is 0.391. The van der Waals surface area contributed by atoms with Crippen LogP contribution < -0.4 is 10.5 Å². The first-order valence-corrected chi connectivity index (χ1v) is 10.4. The Morgan fingerprint density at radius 2 is 1.53 bits per heavy atom. The normalized spacial score (nSPS) is 15.9. The molecule has 1 aromatic heterocycles. The summed E-state index contributed by atoms with van der Waals surface area (Å²) in [6.45, 7) is 0. The zero-order chi connectivity index (χ0) is 23.1. The maximum absolute atomic E-state index is 13.5. The van der Waals surface area contributed by atoms with Crippen molar-refractivity contribution >= 4 is 16.6 Å². The van der Waals surface area contributed by atoms with E-state index in [0.29, 0.717) is 18.1 Å². The standard InChI is InChI=1S/C23H22F6N2O/c24-22(25,26)18-9-15(30)10-19(23(27,28)29)21(18)32-16-6-7-20-17(11-16)14(12-31-20)8-13-4-2-1-3-5-13/h6-7,9-13,31H,1-5,8,30H2. The summed E-state index contributed by atoms with van der Waals surface area (Å²) in [5, 5.41) is 0.727. The summed E-state index contributed by atoms with van der Waals surface area (Å²) in [6, 6.07) is 5.33. The molecule has 1 fully saturated rings. The summed E-state index contributed by atoms with van der Waals surface area (Å²) < 4.78 is 86.4. The highest BCUT2D eigenvalue weighted by atomic mass is 19.4. The summed E-state index contributed by atoms with van der Waals surface area (Å²) in [4.78, 5) is 3.12. The molecule has 1 heterocycles. The topological polar surface area (TPSA) is 51.0 Å². The lowest BCUT2D eigenvalue weighted by Crippen LogP contribution is -2.15. The lowest BCUT2D eigenvalue weighted by atomic mass is 9.85. The molecule has 9 heteroatoms. The van der Waals surface area contributed by atoms with E-state index in [1.54, 1.807) is 6.07 Å². The summed E-state index contributed by atoms with van der Waals surface area (Å²) in [6.07, 6.45) is -1.74. The zero-order valence-electron chi connectivity index (χ0n) is 17.0. The number of nitrogens with two attached hydrogens (primary N) is 1. The smallest absolute Gasteiger partial charge is 0.420 e. The van der Waals surface area contributed by atoms with E-state index in [0.717, 1.165) is 35.7 Å². The number of aromatic amines is 1. The number of nitrogen functional groups attached to an aromatic ring is 1. The van der Waals surface area contributed by atoms with Gasteiger partial charge >= 0.3 is 12.4 Å². The van der Waals surface area contributed by atoms with E-state index in [-0.39, 0.29) is 5.75 Å². The Morgan fingerprint density at radius 1 is 0.906 bits per heavy atom. The van der Waals surface area contributed by atoms with Gasteiger partial charge in [0.15, 0.2) is 5.75 Å². The second-order valence-electron chi connectivity index (χ2n) is 8.27. The van der Waals surface area contributed by atoms with Crippen LogP contribution in [-0.4, -0.2) is 4.98 Å². The maximum atomic E-state index is 13.5. The molecule has 2 aromatic carbocycles. The van der Waals surface area contributed by atoms with Gasteiger partial charge in [-0.2, -0.15) is 26.3 Å². The Morgan fingerprint density at radius 3 is 2.12 bits per heavy atom. The predicted molar refractivity (Wildman–Crippen MR) is 110 cm³/mol. The van der Waals surface area contributed by atoms with Gasteiger partial charge in [-0.3, -0.25) is 0 Å². The molecule has 172 valence electrons. The van der Waals surface area contributed by atoms with E-state index in [1.165, 1.54) is 31.4 Å². The molecule has 0 saturated heterocycles. The van der Waals surface area contributed by atoms with Gasteiger partial charge in [-0.05, 0) is 48.2 Å². The van der Waals surface area contributed by atoms with Crippen molar-refractivity contribution in [1.29, 1.82) is 0 Å². The highest BCUT2D eigenvalue weighted by Crippen LogP contribution is 2.47. The van der Waals surface area contributed by atoms with Crippen LogP contribution in [0.15, 0.2) is 36.5 Å². The largest absolute Gasteiger partial charge is 0.456 e. The Kier molecular flexibility index (Phi) is 5.77.